The van der Waals surface area contributed by atoms with Crippen molar-refractivity contribution in [2.24, 2.45) is 5.73 Å². The highest BCUT2D eigenvalue weighted by Gasteiger charge is 2.36. The van der Waals surface area contributed by atoms with Gasteiger partial charge in [-0.05, 0) is 23.3 Å². The number of amidine groups is 1. The van der Waals surface area contributed by atoms with Crippen LogP contribution in [0.15, 0.2) is 48.5 Å². The number of hydrogen-bond acceptors (Lipinski definition) is 5. The van der Waals surface area contributed by atoms with Crippen molar-refractivity contribution in [2.45, 2.75) is 6.04 Å². The van der Waals surface area contributed by atoms with E-state index in [2.05, 4.69) is 0 Å². The Labute approximate surface area is 173 Å². The minimum absolute atomic E-state index is 0.00152. The first-order valence-corrected chi connectivity index (χ1v) is 9.62. The zero-order valence-electron chi connectivity index (χ0n) is 16.3. The number of nitrogens with zero attached hydrogens (tertiary/aromatic N) is 4. The summed E-state index contributed by atoms with van der Waals surface area (Å²) in [7, 11) is 0. The van der Waals surface area contributed by atoms with Gasteiger partial charge >= 0.3 is 0 Å². The molecule has 1 atom stereocenters. The van der Waals surface area contributed by atoms with Crippen molar-refractivity contribution in [2.75, 3.05) is 31.1 Å². The van der Waals surface area contributed by atoms with Crippen LogP contribution in [0.5, 0.6) is 0 Å². The number of hydrogen-bond donors (Lipinski definition) is 2. The minimum Gasteiger partial charge on any atom is -0.386 e. The zero-order valence-corrected chi connectivity index (χ0v) is 16.3. The van der Waals surface area contributed by atoms with E-state index in [0.717, 1.165) is 27.5 Å². The van der Waals surface area contributed by atoms with Gasteiger partial charge in [-0.3, -0.25) is 20.0 Å². The Morgan fingerprint density at radius 2 is 1.63 bits per heavy atom. The molecule has 0 aliphatic carbocycles. The van der Waals surface area contributed by atoms with E-state index in [9.17, 15) is 14.9 Å². The van der Waals surface area contributed by atoms with Gasteiger partial charge in [0.15, 0.2) is 5.03 Å². The van der Waals surface area contributed by atoms with Gasteiger partial charge in [-0.2, -0.15) is 0 Å². The molecule has 154 valence electrons. The highest BCUT2D eigenvalue weighted by molar-refractivity contribution is 6.07. The highest BCUT2D eigenvalue weighted by atomic mass is 16.7. The van der Waals surface area contributed by atoms with Crippen LogP contribution in [0.4, 0.5) is 11.4 Å². The zero-order chi connectivity index (χ0) is 21.3. The van der Waals surface area contributed by atoms with Gasteiger partial charge in [0.25, 0.3) is 0 Å². The van der Waals surface area contributed by atoms with Gasteiger partial charge in [0.1, 0.15) is 12.4 Å². The first-order chi connectivity index (χ1) is 14.5. The predicted octanol–water partition coefficient (Wildman–Crippen LogP) is 1.95. The molecule has 2 aliphatic heterocycles. The van der Waals surface area contributed by atoms with Crippen LogP contribution in [0.2, 0.25) is 0 Å². The van der Waals surface area contributed by atoms with Gasteiger partial charge < -0.3 is 5.73 Å². The lowest BCUT2D eigenvalue weighted by atomic mass is 10.1. The molecule has 9 heteroatoms. The van der Waals surface area contributed by atoms with Gasteiger partial charge in [0.05, 0.1) is 30.5 Å². The number of nitro groups is 1. The Bertz CT molecular complexity index is 987. The van der Waals surface area contributed by atoms with Crippen molar-refractivity contribution in [3.63, 3.8) is 0 Å². The number of hydrazine groups is 1. The molecule has 2 aromatic carbocycles. The molecule has 1 unspecified atom stereocenters. The topological polar surface area (TPSA) is 120 Å². The summed E-state index contributed by atoms with van der Waals surface area (Å²) in [5, 5.41) is 19.5. The fourth-order valence-electron chi connectivity index (χ4n) is 3.93. The van der Waals surface area contributed by atoms with Crippen LogP contribution < -0.4 is 10.6 Å². The molecule has 3 N–H and O–H groups in total. The normalized spacial score (nSPS) is 18.3. The summed E-state index contributed by atoms with van der Waals surface area (Å²) in [5.41, 5.74) is 9.09. The summed E-state index contributed by atoms with van der Waals surface area (Å²) < 4.78 is 0. The third kappa shape index (κ3) is 3.62. The molecule has 1 amide bonds. The van der Waals surface area contributed by atoms with Crippen LogP contribution in [0.3, 0.4) is 0 Å². The maximum absolute atomic E-state index is 13.5. The number of anilines is 2. The second kappa shape index (κ2) is 7.96. The average Bonchev–Trinajstić information content (AvgIpc) is 2.90. The Kier molecular flexibility index (Phi) is 5.20. The van der Waals surface area contributed by atoms with Gasteiger partial charge in [-0.15, -0.1) is 5.01 Å². The fourth-order valence-corrected chi connectivity index (χ4v) is 3.93. The lowest BCUT2D eigenvalue weighted by Crippen LogP contribution is -2.60. The van der Waals surface area contributed by atoms with E-state index < -0.39 is 11.1 Å². The standard InChI is InChI=1S/C21H22N6O3/c22-21(23)19-13-25(27(29)30)12-11-24(19)14-20(28)26-17-7-3-1-5-15(17)9-10-16-6-2-4-8-18(16)26/h1-10,19H,11-14H2,(H3,22,23). The molecule has 9 nitrogen and oxygen atoms in total. The Morgan fingerprint density at radius 3 is 2.17 bits per heavy atom. The number of benzene rings is 2. The minimum atomic E-state index is -0.691. The molecule has 0 aromatic heterocycles. The third-order valence-corrected chi connectivity index (χ3v) is 5.45. The number of nitrogens with one attached hydrogen (secondary N) is 1. The summed E-state index contributed by atoms with van der Waals surface area (Å²) in [6, 6.07) is 14.6. The summed E-state index contributed by atoms with van der Waals surface area (Å²) in [4.78, 5) is 28.1. The molecule has 4 rings (SSSR count). The molecular weight excluding hydrogens is 384 g/mol. The molecule has 0 spiro atoms. The molecule has 2 aliphatic rings. The molecule has 2 aromatic rings. The number of fused-ring (bicyclic) bond motifs is 2. The number of amides is 1. The third-order valence-electron chi connectivity index (χ3n) is 5.45. The lowest BCUT2D eigenvalue weighted by molar-refractivity contribution is -0.658. The number of piperazine rings is 1. The van der Waals surface area contributed by atoms with Crippen LogP contribution in [-0.4, -0.2) is 58.9 Å². The molecule has 30 heavy (non-hydrogen) atoms. The maximum atomic E-state index is 13.5. The number of para-hydroxylation sites is 2. The predicted molar refractivity (Wildman–Crippen MR) is 115 cm³/mol. The van der Waals surface area contributed by atoms with Gasteiger partial charge in [0.2, 0.25) is 5.91 Å². The number of carbonyl (C=O) groups excluding carboxylic acids is 1. The quantitative estimate of drug-likeness (QED) is 0.347. The van der Waals surface area contributed by atoms with Crippen LogP contribution in [-0.2, 0) is 4.79 Å². The molecule has 0 radical (unpaired) electrons. The second-order valence-electron chi connectivity index (χ2n) is 7.27. The van der Waals surface area contributed by atoms with Crippen molar-refractivity contribution >= 4 is 35.3 Å². The smallest absolute Gasteiger partial charge is 0.245 e. The Hall–Kier alpha value is -3.72. The first kappa shape index (κ1) is 19.6. The van der Waals surface area contributed by atoms with Gasteiger partial charge in [-0.25, -0.2) is 10.1 Å². The summed E-state index contributed by atoms with van der Waals surface area (Å²) >= 11 is 0. The van der Waals surface area contributed by atoms with Crippen molar-refractivity contribution < 1.29 is 9.83 Å². The van der Waals surface area contributed by atoms with Crippen molar-refractivity contribution in [1.29, 1.82) is 5.41 Å². The van der Waals surface area contributed by atoms with Crippen molar-refractivity contribution in [1.82, 2.24) is 9.91 Å². The van der Waals surface area contributed by atoms with Crippen molar-refractivity contribution in [3.05, 3.63) is 69.8 Å². The van der Waals surface area contributed by atoms with Crippen molar-refractivity contribution in [3.8, 4) is 0 Å². The maximum Gasteiger partial charge on any atom is 0.245 e. The van der Waals surface area contributed by atoms with E-state index in [1.165, 1.54) is 0 Å². The van der Waals surface area contributed by atoms with Crippen LogP contribution in [0.1, 0.15) is 11.1 Å². The van der Waals surface area contributed by atoms with E-state index in [4.69, 9.17) is 11.1 Å². The first-order valence-electron chi connectivity index (χ1n) is 9.62. The Morgan fingerprint density at radius 1 is 1.07 bits per heavy atom. The number of nitrogens with two attached hydrogens (primary N) is 1. The second-order valence-corrected chi connectivity index (χ2v) is 7.27. The summed E-state index contributed by atoms with van der Waals surface area (Å²) in [6.07, 6.45) is 3.96. The van der Waals surface area contributed by atoms with E-state index in [-0.39, 0.29) is 37.9 Å². The SMILES string of the molecule is N=C(N)C1CN([N+](=O)[O-])CCN1CC(=O)N1c2ccccc2C=Cc2ccccc21. The molecule has 2 heterocycles. The largest absolute Gasteiger partial charge is 0.386 e. The Balaban J connectivity index is 1.66. The molecule has 1 fully saturated rings. The summed E-state index contributed by atoms with van der Waals surface area (Å²) in [6.45, 7) is 0.411. The number of carbonyl (C=O) groups is 1. The van der Waals surface area contributed by atoms with Gasteiger partial charge in [0, 0.05) is 6.54 Å². The fraction of sp³-hybridized carbons (Fsp3) is 0.238. The van der Waals surface area contributed by atoms with E-state index in [1.54, 1.807) is 9.80 Å². The van der Waals surface area contributed by atoms with E-state index >= 15 is 0 Å². The highest BCUT2D eigenvalue weighted by Crippen LogP contribution is 2.36. The lowest BCUT2D eigenvalue weighted by Gasteiger charge is -2.37. The summed E-state index contributed by atoms with van der Waals surface area (Å²) in [5.74, 6) is -0.368. The van der Waals surface area contributed by atoms with E-state index in [1.807, 2.05) is 60.7 Å². The van der Waals surface area contributed by atoms with Crippen LogP contribution >= 0.6 is 0 Å². The monoisotopic (exact) mass is 406 g/mol. The molecule has 1 saturated heterocycles. The van der Waals surface area contributed by atoms with E-state index in [0.29, 0.717) is 0 Å². The molecule has 0 bridgehead atoms. The molecular formula is C21H22N6O3. The molecule has 0 saturated carbocycles. The van der Waals surface area contributed by atoms with Crippen LogP contribution in [0.25, 0.3) is 12.2 Å². The average molecular weight is 406 g/mol. The number of rotatable bonds is 4. The van der Waals surface area contributed by atoms with Gasteiger partial charge in [-0.1, -0.05) is 48.6 Å². The van der Waals surface area contributed by atoms with Crippen LogP contribution in [0, 0.1) is 15.5 Å².